The van der Waals surface area contributed by atoms with Crippen LogP contribution in [0.4, 0.5) is 8.78 Å². The van der Waals surface area contributed by atoms with Gasteiger partial charge in [-0.2, -0.15) is 0 Å². The number of alkyl halides is 2. The minimum absolute atomic E-state index is 0.229. The van der Waals surface area contributed by atoms with Crippen LogP contribution in [0.1, 0.15) is 12.1 Å². The highest BCUT2D eigenvalue weighted by molar-refractivity contribution is 6.35. The first-order chi connectivity index (χ1) is 8.65. The van der Waals surface area contributed by atoms with Gasteiger partial charge in [-0.15, -0.1) is 0 Å². The molecule has 1 aliphatic heterocycles. The second kappa shape index (κ2) is 4.24. The third-order valence-electron chi connectivity index (χ3n) is 2.67. The highest BCUT2D eigenvalue weighted by Gasteiger charge is 2.17. The Morgan fingerprint density at radius 3 is 2.44 bits per heavy atom. The van der Waals surface area contributed by atoms with E-state index in [1.54, 1.807) is 12.1 Å². The molecular weight excluding hydrogens is 264 g/mol. The molecule has 18 heavy (non-hydrogen) atoms. The van der Waals surface area contributed by atoms with Crippen molar-refractivity contribution < 1.29 is 18.3 Å². The fourth-order valence-electron chi connectivity index (χ4n) is 1.85. The summed E-state index contributed by atoms with van der Waals surface area (Å²) < 4.78 is 36.1. The Balaban J connectivity index is 2.24. The zero-order valence-corrected chi connectivity index (χ0v) is 9.88. The van der Waals surface area contributed by atoms with Crippen molar-refractivity contribution >= 4 is 22.5 Å². The number of aromatic nitrogens is 1. The highest BCUT2D eigenvalue weighted by atomic mass is 35.5. The second-order valence-electron chi connectivity index (χ2n) is 3.84. The zero-order valence-electron chi connectivity index (χ0n) is 9.12. The lowest BCUT2D eigenvalue weighted by Crippen LogP contribution is -2.15. The van der Waals surface area contributed by atoms with Gasteiger partial charge >= 0.3 is 0 Å². The second-order valence-corrected chi connectivity index (χ2v) is 4.25. The lowest BCUT2D eigenvalue weighted by molar-refractivity contribution is 0.146. The van der Waals surface area contributed by atoms with E-state index in [9.17, 15) is 8.78 Å². The summed E-state index contributed by atoms with van der Waals surface area (Å²) in [5.74, 6) is 1.06. The Bertz CT molecular complexity index is 619. The summed E-state index contributed by atoms with van der Waals surface area (Å²) in [6, 6.07) is 4.40. The monoisotopic (exact) mass is 271 g/mol. The van der Waals surface area contributed by atoms with Crippen LogP contribution in [-0.2, 0) is 0 Å². The average molecular weight is 272 g/mol. The maximum Gasteiger partial charge on any atom is 0.280 e. The molecule has 0 spiro atoms. The Morgan fingerprint density at radius 1 is 1.11 bits per heavy atom. The van der Waals surface area contributed by atoms with Crippen molar-refractivity contribution in [2.45, 2.75) is 6.43 Å². The SMILES string of the molecule is FC(F)c1cc(Cl)c2cc3c(cc2n1)OCCO3. The van der Waals surface area contributed by atoms with Crippen LogP contribution < -0.4 is 9.47 Å². The van der Waals surface area contributed by atoms with E-state index >= 15 is 0 Å². The van der Waals surface area contributed by atoms with Gasteiger partial charge in [0.05, 0.1) is 10.5 Å². The van der Waals surface area contributed by atoms with Gasteiger partial charge in [0, 0.05) is 11.5 Å². The number of benzene rings is 1. The van der Waals surface area contributed by atoms with Crippen molar-refractivity contribution in [3.8, 4) is 11.5 Å². The van der Waals surface area contributed by atoms with Crippen molar-refractivity contribution in [2.24, 2.45) is 0 Å². The Morgan fingerprint density at radius 2 is 1.78 bits per heavy atom. The van der Waals surface area contributed by atoms with Crippen LogP contribution in [-0.4, -0.2) is 18.2 Å². The molecule has 0 unspecified atom stereocenters. The number of fused-ring (bicyclic) bond motifs is 2. The molecule has 0 bridgehead atoms. The minimum Gasteiger partial charge on any atom is -0.486 e. The van der Waals surface area contributed by atoms with Gasteiger partial charge < -0.3 is 9.47 Å². The van der Waals surface area contributed by atoms with Gasteiger partial charge in [-0.05, 0) is 12.1 Å². The zero-order chi connectivity index (χ0) is 12.7. The number of halogens is 3. The largest absolute Gasteiger partial charge is 0.486 e. The number of hydrogen-bond donors (Lipinski definition) is 0. The molecule has 2 heterocycles. The summed E-state index contributed by atoms with van der Waals surface area (Å²) in [6.45, 7) is 0.888. The Kier molecular flexibility index (Phi) is 2.70. The van der Waals surface area contributed by atoms with Crippen LogP contribution in [0.2, 0.25) is 5.02 Å². The molecule has 0 amide bonds. The van der Waals surface area contributed by atoms with Crippen LogP contribution in [0.15, 0.2) is 18.2 Å². The van der Waals surface area contributed by atoms with Crippen molar-refractivity contribution in [3.63, 3.8) is 0 Å². The lowest BCUT2D eigenvalue weighted by atomic mass is 10.1. The fraction of sp³-hybridized carbons (Fsp3) is 0.250. The molecule has 6 heteroatoms. The summed E-state index contributed by atoms with van der Waals surface area (Å²) >= 11 is 5.98. The molecule has 0 fully saturated rings. The third-order valence-corrected chi connectivity index (χ3v) is 2.98. The smallest absolute Gasteiger partial charge is 0.280 e. The molecular formula is C12H8ClF2NO2. The number of hydrogen-bond acceptors (Lipinski definition) is 3. The normalized spacial score (nSPS) is 14.2. The Hall–Kier alpha value is -1.62. The molecule has 0 atom stereocenters. The highest BCUT2D eigenvalue weighted by Crippen LogP contribution is 2.37. The van der Waals surface area contributed by atoms with E-state index in [0.29, 0.717) is 35.6 Å². The number of nitrogens with zero attached hydrogens (tertiary/aromatic N) is 1. The van der Waals surface area contributed by atoms with Gasteiger partial charge in [0.15, 0.2) is 11.5 Å². The molecule has 1 aromatic heterocycles. The first-order valence-corrected chi connectivity index (χ1v) is 5.71. The maximum absolute atomic E-state index is 12.6. The summed E-state index contributed by atoms with van der Waals surface area (Å²) in [4.78, 5) is 3.87. The van der Waals surface area contributed by atoms with Crippen molar-refractivity contribution in [2.75, 3.05) is 13.2 Å². The van der Waals surface area contributed by atoms with Crippen molar-refractivity contribution in [1.29, 1.82) is 0 Å². The van der Waals surface area contributed by atoms with Gasteiger partial charge in [-0.1, -0.05) is 11.6 Å². The third kappa shape index (κ3) is 1.84. The van der Waals surface area contributed by atoms with Crippen LogP contribution in [0.5, 0.6) is 11.5 Å². The molecule has 1 aliphatic rings. The minimum atomic E-state index is -2.65. The molecule has 2 aromatic rings. The van der Waals surface area contributed by atoms with Crippen LogP contribution >= 0.6 is 11.6 Å². The molecule has 0 saturated heterocycles. The van der Waals surface area contributed by atoms with Gasteiger partial charge in [-0.3, -0.25) is 0 Å². The summed E-state index contributed by atoms with van der Waals surface area (Å²) in [5, 5.41) is 0.803. The van der Waals surface area contributed by atoms with Gasteiger partial charge in [0.2, 0.25) is 0 Å². The van der Waals surface area contributed by atoms with E-state index in [2.05, 4.69) is 4.98 Å². The quantitative estimate of drug-likeness (QED) is 0.794. The number of pyridine rings is 1. The molecule has 0 aliphatic carbocycles. The first kappa shape index (κ1) is 11.5. The van der Waals surface area contributed by atoms with E-state index < -0.39 is 6.43 Å². The molecule has 0 N–H and O–H groups in total. The van der Waals surface area contributed by atoms with Gasteiger partial charge in [0.25, 0.3) is 6.43 Å². The number of ether oxygens (including phenoxy) is 2. The van der Waals surface area contributed by atoms with Crippen molar-refractivity contribution in [3.05, 3.63) is 28.9 Å². The van der Waals surface area contributed by atoms with Gasteiger partial charge in [-0.25, -0.2) is 13.8 Å². The van der Waals surface area contributed by atoms with E-state index in [0.717, 1.165) is 0 Å². The van der Waals surface area contributed by atoms with Crippen LogP contribution in [0.3, 0.4) is 0 Å². The summed E-state index contributed by atoms with van der Waals surface area (Å²) in [7, 11) is 0. The molecule has 3 rings (SSSR count). The molecule has 3 nitrogen and oxygen atoms in total. The predicted octanol–water partition coefficient (Wildman–Crippen LogP) is 3.60. The van der Waals surface area contributed by atoms with E-state index in [-0.39, 0.29) is 10.7 Å². The van der Waals surface area contributed by atoms with E-state index in [1.165, 1.54) is 6.07 Å². The first-order valence-electron chi connectivity index (χ1n) is 5.33. The topological polar surface area (TPSA) is 31.4 Å². The predicted molar refractivity (Wildman–Crippen MR) is 62.7 cm³/mol. The van der Waals surface area contributed by atoms with Crippen LogP contribution in [0.25, 0.3) is 10.9 Å². The number of rotatable bonds is 1. The molecule has 1 aromatic carbocycles. The standard InChI is InChI=1S/C12H8ClF2NO2/c13-7-4-9(12(14)15)16-8-5-11-10(3-6(7)8)17-1-2-18-11/h3-5,12H,1-2H2. The summed E-state index contributed by atoms with van der Waals surface area (Å²) in [5.41, 5.74) is 0.0335. The molecule has 0 radical (unpaired) electrons. The molecule has 94 valence electrons. The fourth-order valence-corrected chi connectivity index (χ4v) is 2.12. The average Bonchev–Trinajstić information content (AvgIpc) is 2.36. The van der Waals surface area contributed by atoms with Crippen molar-refractivity contribution in [1.82, 2.24) is 4.98 Å². The van der Waals surface area contributed by atoms with E-state index in [4.69, 9.17) is 21.1 Å². The van der Waals surface area contributed by atoms with Gasteiger partial charge in [0.1, 0.15) is 18.9 Å². The lowest BCUT2D eigenvalue weighted by Gasteiger charge is -2.19. The maximum atomic E-state index is 12.6. The van der Waals surface area contributed by atoms with Crippen LogP contribution in [0, 0.1) is 0 Å². The summed E-state index contributed by atoms with van der Waals surface area (Å²) in [6.07, 6.45) is -2.65. The molecule has 0 saturated carbocycles. The Labute approximate surface area is 106 Å². The van der Waals surface area contributed by atoms with E-state index in [1.807, 2.05) is 0 Å².